The highest BCUT2D eigenvalue weighted by Crippen LogP contribution is 2.47. The van der Waals surface area contributed by atoms with E-state index in [4.69, 9.17) is 4.74 Å². The van der Waals surface area contributed by atoms with Gasteiger partial charge < -0.3 is 9.64 Å². The third kappa shape index (κ3) is 4.28. The molecule has 0 saturated carbocycles. The molecule has 11 heteroatoms. The average molecular weight is 402 g/mol. The van der Waals surface area contributed by atoms with E-state index < -0.39 is 23.9 Å². The highest BCUT2D eigenvalue weighted by Gasteiger charge is 2.76. The largest absolute Gasteiger partial charge is 0.497 e. The Hall–Kier alpha value is -2.04. The molecule has 1 aliphatic heterocycles. The molecule has 0 spiro atoms. The molecule has 0 atom stereocenters. The molecule has 0 radical (unpaired) electrons. The summed E-state index contributed by atoms with van der Waals surface area (Å²) < 4.78 is 94.7. The predicted molar refractivity (Wildman–Crippen MR) is 80.8 cm³/mol. The van der Waals surface area contributed by atoms with E-state index in [0.717, 1.165) is 5.56 Å². The van der Waals surface area contributed by atoms with E-state index in [-0.39, 0.29) is 26.2 Å². The first-order valence-corrected chi connectivity index (χ1v) is 7.87. The van der Waals surface area contributed by atoms with Crippen molar-refractivity contribution in [2.45, 2.75) is 24.6 Å². The van der Waals surface area contributed by atoms with Crippen molar-refractivity contribution in [2.75, 3.05) is 33.3 Å². The fourth-order valence-corrected chi connectivity index (χ4v) is 2.65. The number of carbonyl (C=O) groups excluding carboxylic acids is 1. The van der Waals surface area contributed by atoms with E-state index in [0.29, 0.717) is 17.2 Å². The molecule has 1 heterocycles. The number of halogens is 7. The number of methoxy groups -OCH3 is 1. The number of amides is 1. The standard InChI is InChI=1S/C16H17F7N2O2/c1-27-12-4-2-3-11(9-12)10-24-5-7-25(8-6-24)13(26)14(17,18)15(19,20)16(21,22)23/h2-4,9H,5-8,10H2,1H3. The summed E-state index contributed by atoms with van der Waals surface area (Å²) in [5.74, 6) is -14.2. The van der Waals surface area contributed by atoms with Crippen molar-refractivity contribution in [3.8, 4) is 5.75 Å². The Morgan fingerprint density at radius 3 is 2.15 bits per heavy atom. The summed E-state index contributed by atoms with van der Waals surface area (Å²) in [6, 6.07) is 7.00. The third-order valence-corrected chi connectivity index (χ3v) is 4.22. The van der Waals surface area contributed by atoms with Crippen molar-refractivity contribution in [1.82, 2.24) is 9.80 Å². The Morgan fingerprint density at radius 1 is 1.04 bits per heavy atom. The number of carbonyl (C=O) groups is 1. The van der Waals surface area contributed by atoms with Gasteiger partial charge in [0.2, 0.25) is 0 Å². The quantitative estimate of drug-likeness (QED) is 0.710. The topological polar surface area (TPSA) is 32.8 Å². The highest BCUT2D eigenvalue weighted by molar-refractivity contribution is 5.85. The van der Waals surface area contributed by atoms with Crippen LogP contribution in [0.3, 0.4) is 0 Å². The molecule has 1 amide bonds. The summed E-state index contributed by atoms with van der Waals surface area (Å²) >= 11 is 0. The molecule has 4 nitrogen and oxygen atoms in total. The molecule has 1 aromatic carbocycles. The van der Waals surface area contributed by atoms with Crippen LogP contribution in [0.2, 0.25) is 0 Å². The van der Waals surface area contributed by atoms with Crippen LogP contribution in [-0.2, 0) is 11.3 Å². The third-order valence-electron chi connectivity index (χ3n) is 4.22. The normalized spacial score (nSPS) is 17.1. The molecule has 27 heavy (non-hydrogen) atoms. The minimum atomic E-state index is -6.53. The molecular weight excluding hydrogens is 385 g/mol. The monoisotopic (exact) mass is 402 g/mol. The van der Waals surface area contributed by atoms with Gasteiger partial charge in [-0.3, -0.25) is 9.69 Å². The van der Waals surface area contributed by atoms with Crippen molar-refractivity contribution >= 4 is 5.91 Å². The van der Waals surface area contributed by atoms with Gasteiger partial charge in [-0.2, -0.15) is 30.7 Å². The van der Waals surface area contributed by atoms with Crippen LogP contribution in [0, 0.1) is 0 Å². The first-order chi connectivity index (χ1) is 12.4. The number of alkyl halides is 7. The lowest BCUT2D eigenvalue weighted by atomic mass is 10.1. The highest BCUT2D eigenvalue weighted by atomic mass is 19.4. The van der Waals surface area contributed by atoms with Crippen molar-refractivity contribution in [3.05, 3.63) is 29.8 Å². The summed E-state index contributed by atoms with van der Waals surface area (Å²) in [7, 11) is 1.49. The van der Waals surface area contributed by atoms with E-state index in [9.17, 15) is 35.5 Å². The zero-order chi connectivity index (χ0) is 20.5. The fraction of sp³-hybridized carbons (Fsp3) is 0.562. The minimum absolute atomic E-state index is 0.0522. The number of hydrogen-bond acceptors (Lipinski definition) is 3. The molecule has 0 bridgehead atoms. The molecule has 1 aromatic rings. The van der Waals surface area contributed by atoms with Crippen molar-refractivity contribution in [3.63, 3.8) is 0 Å². The Bertz CT molecular complexity index is 671. The first-order valence-electron chi connectivity index (χ1n) is 7.87. The second-order valence-electron chi connectivity index (χ2n) is 6.07. The maximum absolute atomic E-state index is 13.5. The summed E-state index contributed by atoms with van der Waals surface area (Å²) in [4.78, 5) is 13.7. The van der Waals surface area contributed by atoms with Gasteiger partial charge in [-0.1, -0.05) is 12.1 Å². The molecule has 1 saturated heterocycles. The Kier molecular flexibility index (Phi) is 5.93. The lowest BCUT2D eigenvalue weighted by Crippen LogP contribution is -2.62. The second-order valence-corrected chi connectivity index (χ2v) is 6.07. The van der Waals surface area contributed by atoms with Gasteiger partial charge in [0.05, 0.1) is 7.11 Å². The van der Waals surface area contributed by atoms with Crippen LogP contribution in [0.4, 0.5) is 30.7 Å². The molecular formula is C16H17F7N2O2. The van der Waals surface area contributed by atoms with E-state index in [1.165, 1.54) is 7.11 Å². The molecule has 0 aromatic heterocycles. The summed E-state index contributed by atoms with van der Waals surface area (Å²) in [5, 5.41) is 0. The molecule has 0 unspecified atom stereocenters. The van der Waals surface area contributed by atoms with E-state index in [2.05, 4.69) is 0 Å². The molecule has 152 valence electrons. The number of piperazine rings is 1. The summed E-state index contributed by atoms with van der Waals surface area (Å²) in [6.07, 6.45) is -6.53. The maximum atomic E-state index is 13.5. The van der Waals surface area contributed by atoms with Crippen molar-refractivity contribution < 1.29 is 40.3 Å². The smallest absolute Gasteiger partial charge is 0.460 e. The predicted octanol–water partition coefficient (Wildman–Crippen LogP) is 3.17. The molecule has 1 fully saturated rings. The Labute approximate surface area is 150 Å². The van der Waals surface area contributed by atoms with E-state index >= 15 is 0 Å². The second kappa shape index (κ2) is 7.53. The molecule has 0 N–H and O–H groups in total. The molecule has 2 rings (SSSR count). The van der Waals surface area contributed by atoms with Crippen LogP contribution in [-0.4, -0.2) is 67.0 Å². The van der Waals surface area contributed by atoms with Gasteiger partial charge >= 0.3 is 18.0 Å². The summed E-state index contributed by atoms with van der Waals surface area (Å²) in [6.45, 7) is -0.278. The SMILES string of the molecule is COc1cccc(CN2CCN(C(=O)C(F)(F)C(F)(F)C(F)(F)F)CC2)c1. The van der Waals surface area contributed by atoms with E-state index in [1.807, 2.05) is 0 Å². The minimum Gasteiger partial charge on any atom is -0.497 e. The zero-order valence-corrected chi connectivity index (χ0v) is 14.2. The molecule has 0 aliphatic carbocycles. The number of ether oxygens (including phenoxy) is 1. The Balaban J connectivity index is 1.99. The lowest BCUT2D eigenvalue weighted by Gasteiger charge is -2.37. The van der Waals surface area contributed by atoms with Gasteiger partial charge in [-0.25, -0.2) is 0 Å². The number of hydrogen-bond donors (Lipinski definition) is 0. The van der Waals surface area contributed by atoms with Gasteiger partial charge in [-0.05, 0) is 17.7 Å². The Morgan fingerprint density at radius 2 is 1.63 bits per heavy atom. The van der Waals surface area contributed by atoms with Gasteiger partial charge in [-0.15, -0.1) is 0 Å². The van der Waals surface area contributed by atoms with Gasteiger partial charge in [0.25, 0.3) is 5.91 Å². The van der Waals surface area contributed by atoms with Crippen LogP contribution in [0.1, 0.15) is 5.56 Å². The van der Waals surface area contributed by atoms with Gasteiger partial charge in [0.15, 0.2) is 0 Å². The fourth-order valence-electron chi connectivity index (χ4n) is 2.65. The van der Waals surface area contributed by atoms with Crippen molar-refractivity contribution in [1.29, 1.82) is 0 Å². The lowest BCUT2D eigenvalue weighted by molar-refractivity contribution is -0.346. The molecule has 1 aliphatic rings. The van der Waals surface area contributed by atoms with Crippen LogP contribution in [0.5, 0.6) is 5.75 Å². The van der Waals surface area contributed by atoms with Gasteiger partial charge in [0, 0.05) is 32.7 Å². The van der Waals surface area contributed by atoms with Crippen LogP contribution in [0.15, 0.2) is 24.3 Å². The van der Waals surface area contributed by atoms with Crippen molar-refractivity contribution in [2.24, 2.45) is 0 Å². The van der Waals surface area contributed by atoms with Crippen LogP contribution >= 0.6 is 0 Å². The van der Waals surface area contributed by atoms with E-state index in [1.54, 1.807) is 29.2 Å². The zero-order valence-electron chi connectivity index (χ0n) is 14.2. The average Bonchev–Trinajstić information content (AvgIpc) is 2.60. The number of nitrogens with zero attached hydrogens (tertiary/aromatic N) is 2. The maximum Gasteiger partial charge on any atom is 0.460 e. The first kappa shape index (κ1) is 21.3. The van der Waals surface area contributed by atoms with Crippen LogP contribution in [0.25, 0.3) is 0 Å². The summed E-state index contributed by atoms with van der Waals surface area (Å²) in [5.41, 5.74) is 0.836. The number of rotatable bonds is 5. The van der Waals surface area contributed by atoms with Gasteiger partial charge in [0.1, 0.15) is 5.75 Å². The number of benzene rings is 1. The van der Waals surface area contributed by atoms with Crippen LogP contribution < -0.4 is 4.74 Å².